The Hall–Kier alpha value is -4.47. The highest BCUT2D eigenvalue weighted by Crippen LogP contribution is 2.33. The van der Waals surface area contributed by atoms with Gasteiger partial charge in [-0.25, -0.2) is 15.0 Å². The molecule has 1 aliphatic heterocycles. The zero-order valence-electron chi connectivity index (χ0n) is 16.4. The summed E-state index contributed by atoms with van der Waals surface area (Å²) in [5.74, 6) is 2.37. The van der Waals surface area contributed by atoms with Gasteiger partial charge in [-0.2, -0.15) is 5.10 Å². The molecule has 6 rings (SSSR count). The minimum absolute atomic E-state index is 0.0117. The summed E-state index contributed by atoms with van der Waals surface area (Å²) in [6.45, 7) is 1.93. The Morgan fingerprint density at radius 1 is 1.06 bits per heavy atom. The number of fused-ring (bicyclic) bond motifs is 3. The second-order valence-electron chi connectivity index (χ2n) is 7.25. The average Bonchev–Trinajstić information content (AvgIpc) is 3.38. The molecular formula is C21H16N8O2. The topological polar surface area (TPSA) is 134 Å². The van der Waals surface area contributed by atoms with Crippen molar-refractivity contribution < 1.29 is 9.53 Å². The van der Waals surface area contributed by atoms with Gasteiger partial charge in [0.05, 0.1) is 22.9 Å². The third kappa shape index (κ3) is 3.01. The van der Waals surface area contributed by atoms with E-state index in [0.717, 1.165) is 28.1 Å². The third-order valence-electron chi connectivity index (χ3n) is 5.04. The number of nitrogens with one attached hydrogen (secondary N) is 4. The van der Waals surface area contributed by atoms with Gasteiger partial charge in [0.1, 0.15) is 22.6 Å². The van der Waals surface area contributed by atoms with Crippen molar-refractivity contribution in [1.82, 2.24) is 30.1 Å². The molecule has 5 aromatic rings. The molecule has 4 N–H and O–H groups in total. The van der Waals surface area contributed by atoms with Crippen LogP contribution in [0, 0.1) is 6.92 Å². The van der Waals surface area contributed by atoms with E-state index in [9.17, 15) is 4.79 Å². The SMILES string of the molecule is Cc1nc2cc(Nc3nc(-c4ccc5c(c4)NC(=O)CO5)nc4cn[nH]c34)ccc2[nH]1. The van der Waals surface area contributed by atoms with Crippen molar-refractivity contribution in [3.63, 3.8) is 0 Å². The molecular weight excluding hydrogens is 396 g/mol. The van der Waals surface area contributed by atoms with Gasteiger partial charge in [-0.05, 0) is 43.3 Å². The number of amides is 1. The molecule has 1 aliphatic rings. The van der Waals surface area contributed by atoms with Crippen LogP contribution in [0.3, 0.4) is 0 Å². The first-order chi connectivity index (χ1) is 15.1. The Labute approximate surface area is 175 Å². The van der Waals surface area contributed by atoms with Crippen molar-refractivity contribution in [3.8, 4) is 17.1 Å². The molecule has 0 atom stereocenters. The van der Waals surface area contributed by atoms with Crippen LogP contribution in [0.1, 0.15) is 5.82 Å². The standard InChI is InChI=1S/C21H16N8O2/c1-10-23-13-4-3-12(7-14(13)24-10)25-21-19-16(8-22-29-19)27-20(28-21)11-2-5-17-15(6-11)26-18(30)9-31-17/h2-8H,9H2,1H3,(H,22,29)(H,23,24)(H,26,30)(H,25,27,28). The van der Waals surface area contributed by atoms with Crippen molar-refractivity contribution in [2.24, 2.45) is 0 Å². The number of anilines is 3. The number of imidazole rings is 1. The Morgan fingerprint density at radius 3 is 2.94 bits per heavy atom. The van der Waals surface area contributed by atoms with Gasteiger partial charge in [0, 0.05) is 11.3 Å². The molecule has 0 unspecified atom stereocenters. The van der Waals surface area contributed by atoms with E-state index in [2.05, 4.69) is 35.8 Å². The number of aromatic amines is 2. The number of H-pyrrole nitrogens is 2. The smallest absolute Gasteiger partial charge is 0.262 e. The van der Waals surface area contributed by atoms with Crippen LogP contribution in [0.4, 0.5) is 17.2 Å². The van der Waals surface area contributed by atoms with Crippen molar-refractivity contribution in [2.45, 2.75) is 6.92 Å². The Kier molecular flexibility index (Phi) is 3.66. The monoisotopic (exact) mass is 412 g/mol. The van der Waals surface area contributed by atoms with Crippen molar-refractivity contribution in [2.75, 3.05) is 17.2 Å². The summed E-state index contributed by atoms with van der Waals surface area (Å²) in [5, 5.41) is 13.2. The predicted octanol–water partition coefficient (Wildman–Crippen LogP) is 3.28. The number of carbonyl (C=O) groups excluding carboxylic acids is 1. The van der Waals surface area contributed by atoms with Crippen LogP contribution < -0.4 is 15.4 Å². The maximum atomic E-state index is 11.7. The zero-order chi connectivity index (χ0) is 20.9. The fourth-order valence-corrected chi connectivity index (χ4v) is 3.63. The molecule has 1 amide bonds. The highest BCUT2D eigenvalue weighted by molar-refractivity contribution is 5.96. The first-order valence-corrected chi connectivity index (χ1v) is 9.64. The zero-order valence-corrected chi connectivity index (χ0v) is 16.4. The molecule has 152 valence electrons. The van der Waals surface area contributed by atoms with Gasteiger partial charge in [0.2, 0.25) is 0 Å². The average molecular weight is 412 g/mol. The van der Waals surface area contributed by atoms with Gasteiger partial charge in [-0.3, -0.25) is 9.89 Å². The van der Waals surface area contributed by atoms with E-state index in [4.69, 9.17) is 9.72 Å². The molecule has 0 saturated carbocycles. The number of carbonyl (C=O) groups is 1. The number of nitrogens with zero attached hydrogens (tertiary/aromatic N) is 4. The molecule has 3 aromatic heterocycles. The van der Waals surface area contributed by atoms with E-state index in [1.54, 1.807) is 18.3 Å². The van der Waals surface area contributed by atoms with E-state index in [0.29, 0.717) is 34.1 Å². The molecule has 0 saturated heterocycles. The summed E-state index contributed by atoms with van der Waals surface area (Å²) in [6, 6.07) is 11.3. The van der Waals surface area contributed by atoms with E-state index in [-0.39, 0.29) is 12.5 Å². The molecule has 31 heavy (non-hydrogen) atoms. The van der Waals surface area contributed by atoms with Gasteiger partial charge >= 0.3 is 0 Å². The summed E-state index contributed by atoms with van der Waals surface area (Å²) < 4.78 is 5.44. The summed E-state index contributed by atoms with van der Waals surface area (Å²) in [6.07, 6.45) is 1.65. The summed E-state index contributed by atoms with van der Waals surface area (Å²) in [4.78, 5) is 28.7. The van der Waals surface area contributed by atoms with Gasteiger partial charge < -0.3 is 20.4 Å². The molecule has 0 aliphatic carbocycles. The first kappa shape index (κ1) is 17.4. The van der Waals surface area contributed by atoms with Gasteiger partial charge in [0.25, 0.3) is 5.91 Å². The normalized spacial score (nSPS) is 13.1. The van der Waals surface area contributed by atoms with Crippen LogP contribution in [0.15, 0.2) is 42.6 Å². The summed E-state index contributed by atoms with van der Waals surface area (Å²) in [5.41, 5.74) is 5.37. The van der Waals surface area contributed by atoms with Crippen LogP contribution in [0.25, 0.3) is 33.5 Å². The number of ether oxygens (including phenoxy) is 1. The lowest BCUT2D eigenvalue weighted by Gasteiger charge is -2.18. The fraction of sp³-hybridized carbons (Fsp3) is 0.0952. The van der Waals surface area contributed by atoms with Gasteiger partial charge in [-0.15, -0.1) is 0 Å². The molecule has 4 heterocycles. The fourth-order valence-electron chi connectivity index (χ4n) is 3.63. The molecule has 2 aromatic carbocycles. The number of hydrogen-bond acceptors (Lipinski definition) is 7. The number of hydrogen-bond donors (Lipinski definition) is 4. The highest BCUT2D eigenvalue weighted by atomic mass is 16.5. The minimum atomic E-state index is -0.192. The second kappa shape index (κ2) is 6.52. The molecule has 0 fully saturated rings. The lowest BCUT2D eigenvalue weighted by molar-refractivity contribution is -0.118. The van der Waals surface area contributed by atoms with E-state index < -0.39 is 0 Å². The molecule has 10 heteroatoms. The Balaban J connectivity index is 1.43. The maximum absolute atomic E-state index is 11.7. The van der Waals surface area contributed by atoms with Gasteiger partial charge in [-0.1, -0.05) is 0 Å². The second-order valence-corrected chi connectivity index (χ2v) is 7.25. The van der Waals surface area contributed by atoms with Crippen LogP contribution in [-0.2, 0) is 4.79 Å². The quantitative estimate of drug-likeness (QED) is 0.357. The number of rotatable bonds is 3. The van der Waals surface area contributed by atoms with Crippen molar-refractivity contribution in [3.05, 3.63) is 48.4 Å². The number of aryl methyl sites for hydroxylation is 1. The Morgan fingerprint density at radius 2 is 2.00 bits per heavy atom. The molecule has 0 spiro atoms. The van der Waals surface area contributed by atoms with Crippen LogP contribution >= 0.6 is 0 Å². The largest absolute Gasteiger partial charge is 0.482 e. The lowest BCUT2D eigenvalue weighted by atomic mass is 10.1. The van der Waals surface area contributed by atoms with Crippen LogP contribution in [0.5, 0.6) is 5.75 Å². The van der Waals surface area contributed by atoms with Crippen molar-refractivity contribution in [1.29, 1.82) is 0 Å². The molecule has 0 radical (unpaired) electrons. The molecule has 0 bridgehead atoms. The van der Waals surface area contributed by atoms with Crippen LogP contribution in [0.2, 0.25) is 0 Å². The summed E-state index contributed by atoms with van der Waals surface area (Å²) in [7, 11) is 0. The Bertz CT molecular complexity index is 1490. The van der Waals surface area contributed by atoms with E-state index >= 15 is 0 Å². The molecule has 10 nitrogen and oxygen atoms in total. The first-order valence-electron chi connectivity index (χ1n) is 9.64. The van der Waals surface area contributed by atoms with Crippen LogP contribution in [-0.4, -0.2) is 42.6 Å². The van der Waals surface area contributed by atoms with Gasteiger partial charge in [0.15, 0.2) is 18.2 Å². The predicted molar refractivity (Wildman–Crippen MR) is 115 cm³/mol. The third-order valence-corrected chi connectivity index (χ3v) is 5.04. The van der Waals surface area contributed by atoms with E-state index in [1.807, 2.05) is 31.2 Å². The van der Waals surface area contributed by atoms with Crippen molar-refractivity contribution >= 4 is 45.2 Å². The number of aromatic nitrogens is 6. The maximum Gasteiger partial charge on any atom is 0.262 e. The van der Waals surface area contributed by atoms with E-state index in [1.165, 1.54) is 0 Å². The summed E-state index contributed by atoms with van der Waals surface area (Å²) >= 11 is 0. The highest BCUT2D eigenvalue weighted by Gasteiger charge is 2.18. The minimum Gasteiger partial charge on any atom is -0.482 e. The number of benzene rings is 2. The lowest BCUT2D eigenvalue weighted by Crippen LogP contribution is -2.25.